The SMILES string of the molecule is CCNC(CS(=O)CC)c1ccc2c(c1)OCCO2. The Bertz CT molecular complexity index is 450. The molecular weight excluding hydrogens is 262 g/mol. The first kappa shape index (κ1) is 14.3. The van der Waals surface area contributed by atoms with Crippen LogP contribution in [0.2, 0.25) is 0 Å². The first-order chi connectivity index (χ1) is 9.24. The summed E-state index contributed by atoms with van der Waals surface area (Å²) in [6.07, 6.45) is 0. The minimum Gasteiger partial charge on any atom is -0.486 e. The van der Waals surface area contributed by atoms with E-state index in [0.717, 1.165) is 23.6 Å². The van der Waals surface area contributed by atoms with Gasteiger partial charge in [0.15, 0.2) is 11.5 Å². The van der Waals surface area contributed by atoms with Gasteiger partial charge in [0, 0.05) is 28.3 Å². The van der Waals surface area contributed by atoms with Crippen LogP contribution in [0.15, 0.2) is 18.2 Å². The fraction of sp³-hybridized carbons (Fsp3) is 0.571. The van der Waals surface area contributed by atoms with Gasteiger partial charge in [0.1, 0.15) is 13.2 Å². The van der Waals surface area contributed by atoms with Gasteiger partial charge >= 0.3 is 0 Å². The average molecular weight is 283 g/mol. The molecule has 19 heavy (non-hydrogen) atoms. The standard InChI is InChI=1S/C14H21NO3S/c1-3-15-12(10-19(16)4-2)11-5-6-13-14(9-11)18-8-7-17-13/h5-6,9,12,15H,3-4,7-8,10H2,1-2H3. The molecule has 0 radical (unpaired) electrons. The van der Waals surface area contributed by atoms with Crippen molar-refractivity contribution in [3.63, 3.8) is 0 Å². The normalized spacial score (nSPS) is 16.9. The number of ether oxygens (including phenoxy) is 2. The van der Waals surface area contributed by atoms with Crippen molar-refractivity contribution >= 4 is 10.8 Å². The lowest BCUT2D eigenvalue weighted by atomic mass is 10.1. The van der Waals surface area contributed by atoms with Crippen molar-refractivity contribution in [2.75, 3.05) is 31.3 Å². The molecule has 0 aromatic heterocycles. The van der Waals surface area contributed by atoms with Crippen LogP contribution < -0.4 is 14.8 Å². The molecule has 1 aliphatic heterocycles. The van der Waals surface area contributed by atoms with Gasteiger partial charge in [-0.2, -0.15) is 0 Å². The number of fused-ring (bicyclic) bond motifs is 1. The van der Waals surface area contributed by atoms with E-state index >= 15 is 0 Å². The smallest absolute Gasteiger partial charge is 0.161 e. The van der Waals surface area contributed by atoms with E-state index in [1.807, 2.05) is 25.1 Å². The summed E-state index contributed by atoms with van der Waals surface area (Å²) in [5, 5.41) is 3.38. The van der Waals surface area contributed by atoms with Crippen molar-refractivity contribution < 1.29 is 13.7 Å². The largest absolute Gasteiger partial charge is 0.486 e. The van der Waals surface area contributed by atoms with Gasteiger partial charge in [-0.3, -0.25) is 4.21 Å². The molecule has 0 saturated carbocycles. The third kappa shape index (κ3) is 3.70. The Balaban J connectivity index is 2.18. The van der Waals surface area contributed by atoms with Crippen LogP contribution in [0, 0.1) is 0 Å². The van der Waals surface area contributed by atoms with E-state index in [1.54, 1.807) is 0 Å². The molecule has 0 amide bonds. The highest BCUT2D eigenvalue weighted by Crippen LogP contribution is 2.32. The molecule has 1 aliphatic rings. The number of rotatable bonds is 6. The first-order valence-electron chi connectivity index (χ1n) is 6.72. The highest BCUT2D eigenvalue weighted by molar-refractivity contribution is 7.84. The van der Waals surface area contributed by atoms with Crippen LogP contribution in [0.1, 0.15) is 25.5 Å². The summed E-state index contributed by atoms with van der Waals surface area (Å²) in [6.45, 7) is 6.04. The van der Waals surface area contributed by atoms with E-state index in [4.69, 9.17) is 9.47 Å². The maximum absolute atomic E-state index is 11.8. The topological polar surface area (TPSA) is 47.6 Å². The molecule has 0 bridgehead atoms. The Hall–Kier alpha value is -1.07. The van der Waals surface area contributed by atoms with E-state index < -0.39 is 10.8 Å². The van der Waals surface area contributed by atoms with E-state index in [9.17, 15) is 4.21 Å². The monoisotopic (exact) mass is 283 g/mol. The average Bonchev–Trinajstić information content (AvgIpc) is 2.46. The predicted molar refractivity (Wildman–Crippen MR) is 77.4 cm³/mol. The van der Waals surface area contributed by atoms with Gasteiger partial charge in [-0.15, -0.1) is 0 Å². The summed E-state index contributed by atoms with van der Waals surface area (Å²) in [5.41, 5.74) is 1.10. The number of nitrogens with one attached hydrogen (secondary N) is 1. The molecule has 0 saturated heterocycles. The molecule has 2 atom stereocenters. The highest BCUT2D eigenvalue weighted by atomic mass is 32.2. The third-order valence-electron chi connectivity index (χ3n) is 3.09. The number of hydrogen-bond acceptors (Lipinski definition) is 4. The van der Waals surface area contributed by atoms with Crippen LogP contribution in [-0.2, 0) is 10.8 Å². The molecule has 106 valence electrons. The fourth-order valence-electron chi connectivity index (χ4n) is 2.10. The van der Waals surface area contributed by atoms with Crippen LogP contribution in [0.5, 0.6) is 11.5 Å². The molecule has 2 rings (SSSR count). The predicted octanol–water partition coefficient (Wildman–Crippen LogP) is 1.88. The van der Waals surface area contributed by atoms with E-state index in [-0.39, 0.29) is 6.04 Å². The molecule has 1 heterocycles. The van der Waals surface area contributed by atoms with Gasteiger partial charge in [-0.05, 0) is 24.2 Å². The van der Waals surface area contributed by atoms with Crippen molar-refractivity contribution in [3.8, 4) is 11.5 Å². The molecular formula is C14H21NO3S. The van der Waals surface area contributed by atoms with Gasteiger partial charge in [-0.25, -0.2) is 0 Å². The van der Waals surface area contributed by atoms with Crippen molar-refractivity contribution in [1.82, 2.24) is 5.32 Å². The second-order valence-corrected chi connectivity index (χ2v) is 6.20. The van der Waals surface area contributed by atoms with Gasteiger partial charge in [0.05, 0.1) is 0 Å². The zero-order valence-electron chi connectivity index (χ0n) is 11.5. The summed E-state index contributed by atoms with van der Waals surface area (Å²) >= 11 is 0. The summed E-state index contributed by atoms with van der Waals surface area (Å²) in [6, 6.07) is 6.05. The second kappa shape index (κ2) is 6.91. The summed E-state index contributed by atoms with van der Waals surface area (Å²) in [5.74, 6) is 2.90. The van der Waals surface area contributed by atoms with Crippen LogP contribution in [0.25, 0.3) is 0 Å². The summed E-state index contributed by atoms with van der Waals surface area (Å²) in [7, 11) is -0.795. The highest BCUT2D eigenvalue weighted by Gasteiger charge is 2.17. The molecule has 2 unspecified atom stereocenters. The van der Waals surface area contributed by atoms with E-state index in [0.29, 0.717) is 24.7 Å². The quantitative estimate of drug-likeness (QED) is 0.866. The van der Waals surface area contributed by atoms with Gasteiger partial charge < -0.3 is 14.8 Å². The Morgan fingerprint density at radius 3 is 2.68 bits per heavy atom. The van der Waals surface area contributed by atoms with Crippen LogP contribution in [0.4, 0.5) is 0 Å². The Morgan fingerprint density at radius 1 is 1.26 bits per heavy atom. The molecule has 1 N–H and O–H groups in total. The minimum absolute atomic E-state index is 0.0987. The van der Waals surface area contributed by atoms with E-state index in [2.05, 4.69) is 12.2 Å². The molecule has 0 fully saturated rings. The third-order valence-corrected chi connectivity index (χ3v) is 4.44. The second-order valence-electron chi connectivity index (χ2n) is 4.41. The fourth-order valence-corrected chi connectivity index (χ4v) is 3.02. The molecule has 1 aromatic carbocycles. The van der Waals surface area contributed by atoms with Gasteiger partial charge in [0.25, 0.3) is 0 Å². The van der Waals surface area contributed by atoms with Crippen LogP contribution in [-0.4, -0.2) is 35.5 Å². The molecule has 4 nitrogen and oxygen atoms in total. The number of hydrogen-bond donors (Lipinski definition) is 1. The maximum atomic E-state index is 11.8. The Morgan fingerprint density at radius 2 is 2.00 bits per heavy atom. The van der Waals surface area contributed by atoms with Crippen molar-refractivity contribution in [3.05, 3.63) is 23.8 Å². The van der Waals surface area contributed by atoms with E-state index in [1.165, 1.54) is 0 Å². The summed E-state index contributed by atoms with van der Waals surface area (Å²) < 4.78 is 22.9. The van der Waals surface area contributed by atoms with Crippen molar-refractivity contribution in [2.24, 2.45) is 0 Å². The zero-order chi connectivity index (χ0) is 13.7. The first-order valence-corrected chi connectivity index (χ1v) is 8.21. The lowest BCUT2D eigenvalue weighted by Crippen LogP contribution is -2.27. The molecule has 0 aliphatic carbocycles. The minimum atomic E-state index is -0.795. The van der Waals surface area contributed by atoms with Crippen molar-refractivity contribution in [1.29, 1.82) is 0 Å². The lowest BCUT2D eigenvalue weighted by Gasteiger charge is -2.22. The van der Waals surface area contributed by atoms with Crippen LogP contribution >= 0.6 is 0 Å². The maximum Gasteiger partial charge on any atom is 0.161 e. The molecule has 0 spiro atoms. The van der Waals surface area contributed by atoms with Crippen molar-refractivity contribution in [2.45, 2.75) is 19.9 Å². The Kier molecular flexibility index (Phi) is 5.22. The Labute approximate surface area is 116 Å². The zero-order valence-corrected chi connectivity index (χ0v) is 12.3. The lowest BCUT2D eigenvalue weighted by molar-refractivity contribution is 0.171. The van der Waals surface area contributed by atoms with Gasteiger partial charge in [-0.1, -0.05) is 19.9 Å². The molecule has 1 aromatic rings. The summed E-state index contributed by atoms with van der Waals surface area (Å²) in [4.78, 5) is 0. The van der Waals surface area contributed by atoms with Crippen LogP contribution in [0.3, 0.4) is 0 Å². The number of benzene rings is 1. The molecule has 5 heteroatoms. The van der Waals surface area contributed by atoms with Gasteiger partial charge in [0.2, 0.25) is 0 Å².